The average Bonchev–Trinajstić information content (AvgIpc) is 2.53. The summed E-state index contributed by atoms with van der Waals surface area (Å²) in [5, 5.41) is 3.09. The van der Waals surface area contributed by atoms with E-state index in [1.807, 2.05) is 12.1 Å². The summed E-state index contributed by atoms with van der Waals surface area (Å²) in [6, 6.07) is 4.01. The number of hydrogen-bond acceptors (Lipinski definition) is 5. The van der Waals surface area contributed by atoms with E-state index < -0.39 is 11.9 Å². The maximum absolute atomic E-state index is 12.0. The second-order valence-electron chi connectivity index (χ2n) is 5.97. The highest BCUT2D eigenvalue weighted by atomic mass is 79.9. The fourth-order valence-corrected chi connectivity index (χ4v) is 2.77. The lowest BCUT2D eigenvalue weighted by atomic mass is 9.92. The summed E-state index contributed by atoms with van der Waals surface area (Å²) in [5.74, 6) is -0.816. The molecule has 5 nitrogen and oxygen atoms in total. The molecule has 0 heterocycles. The monoisotopic (exact) mass is 397 g/mol. The lowest BCUT2D eigenvalue weighted by Crippen LogP contribution is -2.18. The third-order valence-corrected chi connectivity index (χ3v) is 3.99. The van der Waals surface area contributed by atoms with E-state index >= 15 is 0 Å². The number of ether oxygens (including phenoxy) is 2. The van der Waals surface area contributed by atoms with Crippen LogP contribution in [0, 0.1) is 0 Å². The zero-order valence-corrected chi connectivity index (χ0v) is 16.5. The SMILES string of the molecule is COC(=O)/C=C(/Nc1c(C(C)C)cc(Br)cc1C(C)C)C(=O)OC. The average molecular weight is 398 g/mol. The summed E-state index contributed by atoms with van der Waals surface area (Å²) in [5.41, 5.74) is 2.92. The number of carbonyl (C=O) groups is 2. The molecule has 1 aromatic rings. The van der Waals surface area contributed by atoms with Crippen LogP contribution in [0.25, 0.3) is 0 Å². The van der Waals surface area contributed by atoms with Crippen LogP contribution in [0.1, 0.15) is 50.7 Å². The predicted molar refractivity (Wildman–Crippen MR) is 98.1 cm³/mol. The van der Waals surface area contributed by atoms with Crippen LogP contribution < -0.4 is 5.32 Å². The Balaban J connectivity index is 3.49. The van der Waals surface area contributed by atoms with Gasteiger partial charge < -0.3 is 14.8 Å². The predicted octanol–water partition coefficient (Wildman–Crippen LogP) is 4.34. The van der Waals surface area contributed by atoms with Gasteiger partial charge in [-0.05, 0) is 35.1 Å². The van der Waals surface area contributed by atoms with Crippen LogP contribution in [-0.4, -0.2) is 26.2 Å². The minimum absolute atomic E-state index is 0.0375. The molecule has 0 radical (unpaired) electrons. The van der Waals surface area contributed by atoms with E-state index in [4.69, 9.17) is 4.74 Å². The Labute approximate surface area is 151 Å². The molecule has 0 amide bonds. The molecule has 0 spiro atoms. The Morgan fingerprint density at radius 2 is 1.54 bits per heavy atom. The number of carbonyl (C=O) groups excluding carboxylic acids is 2. The van der Waals surface area contributed by atoms with Gasteiger partial charge in [0.05, 0.1) is 20.3 Å². The quantitative estimate of drug-likeness (QED) is 0.571. The van der Waals surface area contributed by atoms with Crippen molar-refractivity contribution in [3.05, 3.63) is 39.5 Å². The van der Waals surface area contributed by atoms with Gasteiger partial charge in [-0.15, -0.1) is 0 Å². The maximum Gasteiger partial charge on any atom is 0.354 e. The molecule has 0 aliphatic carbocycles. The van der Waals surface area contributed by atoms with Crippen LogP contribution in [0.4, 0.5) is 5.69 Å². The third-order valence-electron chi connectivity index (χ3n) is 3.54. The fraction of sp³-hybridized carbons (Fsp3) is 0.444. The summed E-state index contributed by atoms with van der Waals surface area (Å²) in [7, 11) is 2.52. The van der Waals surface area contributed by atoms with E-state index in [2.05, 4.69) is 53.7 Å². The van der Waals surface area contributed by atoms with E-state index in [-0.39, 0.29) is 17.5 Å². The van der Waals surface area contributed by atoms with Crippen molar-refractivity contribution < 1.29 is 19.1 Å². The normalized spacial score (nSPS) is 11.6. The molecule has 0 saturated carbocycles. The number of benzene rings is 1. The van der Waals surface area contributed by atoms with Gasteiger partial charge in [0, 0.05) is 10.2 Å². The molecule has 1 N–H and O–H groups in total. The lowest BCUT2D eigenvalue weighted by molar-refractivity contribution is -0.138. The maximum atomic E-state index is 12.0. The molecule has 1 rings (SSSR count). The Morgan fingerprint density at radius 1 is 1.04 bits per heavy atom. The molecule has 24 heavy (non-hydrogen) atoms. The van der Waals surface area contributed by atoms with E-state index in [0.29, 0.717) is 0 Å². The Morgan fingerprint density at radius 3 is 1.92 bits per heavy atom. The molecule has 132 valence electrons. The molecular formula is C18H24BrNO4. The van der Waals surface area contributed by atoms with E-state index in [1.54, 1.807) is 0 Å². The lowest BCUT2D eigenvalue weighted by Gasteiger charge is -2.22. The first kappa shape index (κ1) is 20.2. The smallest absolute Gasteiger partial charge is 0.354 e. The molecule has 0 fully saturated rings. The summed E-state index contributed by atoms with van der Waals surface area (Å²) in [6.07, 6.45) is 1.10. The first-order valence-electron chi connectivity index (χ1n) is 7.69. The van der Waals surface area contributed by atoms with Crippen LogP contribution in [0.3, 0.4) is 0 Å². The van der Waals surface area contributed by atoms with Crippen molar-refractivity contribution in [2.75, 3.05) is 19.5 Å². The zero-order chi connectivity index (χ0) is 18.4. The molecule has 1 aromatic carbocycles. The second-order valence-corrected chi connectivity index (χ2v) is 6.88. The summed E-state index contributed by atoms with van der Waals surface area (Å²) in [4.78, 5) is 23.6. The van der Waals surface area contributed by atoms with Crippen LogP contribution in [0.15, 0.2) is 28.4 Å². The van der Waals surface area contributed by atoms with Gasteiger partial charge in [0.1, 0.15) is 5.70 Å². The van der Waals surface area contributed by atoms with Gasteiger partial charge >= 0.3 is 11.9 Å². The van der Waals surface area contributed by atoms with E-state index in [1.165, 1.54) is 14.2 Å². The standard InChI is InChI=1S/C18H24BrNO4/c1-10(2)13-7-12(19)8-14(11(3)4)17(13)20-15(18(22)24-6)9-16(21)23-5/h7-11,20H,1-6H3/b15-9+. The summed E-state index contributed by atoms with van der Waals surface area (Å²) >= 11 is 3.54. The topological polar surface area (TPSA) is 64.6 Å². The molecule has 0 saturated heterocycles. The van der Waals surface area contributed by atoms with Crippen molar-refractivity contribution in [3.8, 4) is 0 Å². The molecule has 0 bridgehead atoms. The van der Waals surface area contributed by atoms with Gasteiger partial charge in [0.25, 0.3) is 0 Å². The second kappa shape index (κ2) is 8.87. The molecule has 0 unspecified atom stereocenters. The van der Waals surface area contributed by atoms with Crippen molar-refractivity contribution in [2.24, 2.45) is 0 Å². The molecule has 6 heteroatoms. The Kier molecular flexibility index (Phi) is 7.48. The Bertz CT molecular complexity index is 621. The number of rotatable bonds is 6. The largest absolute Gasteiger partial charge is 0.466 e. The van der Waals surface area contributed by atoms with Crippen molar-refractivity contribution >= 4 is 33.6 Å². The van der Waals surface area contributed by atoms with Crippen LogP contribution >= 0.6 is 15.9 Å². The van der Waals surface area contributed by atoms with Crippen LogP contribution in [0.2, 0.25) is 0 Å². The molecule has 0 aromatic heterocycles. The van der Waals surface area contributed by atoms with E-state index in [9.17, 15) is 9.59 Å². The van der Waals surface area contributed by atoms with Crippen molar-refractivity contribution in [3.63, 3.8) is 0 Å². The molecular weight excluding hydrogens is 374 g/mol. The third kappa shape index (κ3) is 5.09. The van der Waals surface area contributed by atoms with Crippen LogP contribution in [-0.2, 0) is 19.1 Å². The van der Waals surface area contributed by atoms with Gasteiger partial charge in [-0.2, -0.15) is 0 Å². The number of hydrogen-bond donors (Lipinski definition) is 1. The van der Waals surface area contributed by atoms with Gasteiger partial charge in [-0.1, -0.05) is 43.6 Å². The fourth-order valence-electron chi connectivity index (χ4n) is 2.27. The van der Waals surface area contributed by atoms with Crippen molar-refractivity contribution in [1.82, 2.24) is 0 Å². The number of anilines is 1. The summed E-state index contributed by atoms with van der Waals surface area (Å²) in [6.45, 7) is 8.27. The minimum atomic E-state index is -0.632. The Hall–Kier alpha value is -1.82. The van der Waals surface area contributed by atoms with Crippen molar-refractivity contribution in [2.45, 2.75) is 39.5 Å². The number of esters is 2. The molecule has 0 atom stereocenters. The van der Waals surface area contributed by atoms with Crippen molar-refractivity contribution in [1.29, 1.82) is 0 Å². The highest BCUT2D eigenvalue weighted by Gasteiger charge is 2.20. The first-order valence-corrected chi connectivity index (χ1v) is 8.48. The van der Waals surface area contributed by atoms with Crippen LogP contribution in [0.5, 0.6) is 0 Å². The number of nitrogens with one attached hydrogen (secondary N) is 1. The molecule has 0 aliphatic heterocycles. The van der Waals surface area contributed by atoms with E-state index in [0.717, 1.165) is 27.4 Å². The summed E-state index contributed by atoms with van der Waals surface area (Å²) < 4.78 is 10.4. The van der Waals surface area contributed by atoms with Gasteiger partial charge in [-0.3, -0.25) is 0 Å². The number of methoxy groups -OCH3 is 2. The van der Waals surface area contributed by atoms with Gasteiger partial charge in [0.15, 0.2) is 0 Å². The first-order chi connectivity index (χ1) is 11.2. The highest BCUT2D eigenvalue weighted by Crippen LogP contribution is 2.36. The minimum Gasteiger partial charge on any atom is -0.466 e. The van der Waals surface area contributed by atoms with Gasteiger partial charge in [-0.25, -0.2) is 9.59 Å². The zero-order valence-electron chi connectivity index (χ0n) is 14.9. The highest BCUT2D eigenvalue weighted by molar-refractivity contribution is 9.10. The number of halogens is 1. The molecule has 0 aliphatic rings. The van der Waals surface area contributed by atoms with Gasteiger partial charge in [0.2, 0.25) is 0 Å².